The second-order valence-electron chi connectivity index (χ2n) is 11.0. The van der Waals surface area contributed by atoms with Gasteiger partial charge in [0.2, 0.25) is 0 Å². The van der Waals surface area contributed by atoms with Gasteiger partial charge in [-0.05, 0) is 88.3 Å². The molecule has 5 rings (SSSR count). The first kappa shape index (κ1) is 26.9. The van der Waals surface area contributed by atoms with Crippen molar-refractivity contribution < 1.29 is 33.0 Å². The fourth-order valence-corrected chi connectivity index (χ4v) is 5.11. The summed E-state index contributed by atoms with van der Waals surface area (Å²) in [4.78, 5) is 28.3. The first-order chi connectivity index (χ1) is 18.5. The van der Waals surface area contributed by atoms with Crippen molar-refractivity contribution in [1.82, 2.24) is 9.91 Å². The summed E-state index contributed by atoms with van der Waals surface area (Å²) in [7, 11) is 0. The first-order valence-corrected chi connectivity index (χ1v) is 13.3. The normalized spacial score (nSPS) is 19.4. The van der Waals surface area contributed by atoms with Crippen LogP contribution >= 0.6 is 0 Å². The van der Waals surface area contributed by atoms with E-state index in [1.807, 2.05) is 6.92 Å². The van der Waals surface area contributed by atoms with Crippen molar-refractivity contribution in [3.8, 4) is 17.2 Å². The number of hydrogen-bond donors (Lipinski definition) is 1. The molecule has 0 bridgehead atoms. The van der Waals surface area contributed by atoms with Crippen LogP contribution in [0.5, 0.6) is 17.2 Å². The number of ether oxygens (including phenoxy) is 2. The number of nitrogens with zero attached hydrogens (tertiary/aromatic N) is 3. The number of phenolic OH excluding ortho intramolecular Hbond substituents is 1. The van der Waals surface area contributed by atoms with Crippen molar-refractivity contribution >= 4 is 17.5 Å². The molecule has 2 amide bonds. The molecule has 1 N–H and O–H groups in total. The Labute approximate surface area is 226 Å². The van der Waals surface area contributed by atoms with Crippen LogP contribution in [0.2, 0.25) is 0 Å². The molecule has 208 valence electrons. The molecule has 8 nitrogen and oxygen atoms in total. The Morgan fingerprint density at radius 2 is 1.82 bits per heavy atom. The second-order valence-corrected chi connectivity index (χ2v) is 11.0. The first-order valence-electron chi connectivity index (χ1n) is 13.3. The molecule has 2 aromatic carbocycles. The van der Waals surface area contributed by atoms with Crippen LogP contribution in [0.1, 0.15) is 61.0 Å². The molecule has 39 heavy (non-hydrogen) atoms. The van der Waals surface area contributed by atoms with Crippen molar-refractivity contribution in [3.63, 3.8) is 0 Å². The topological polar surface area (TPSA) is 91.7 Å². The molecule has 0 spiro atoms. The van der Waals surface area contributed by atoms with E-state index in [1.54, 1.807) is 43.0 Å². The van der Waals surface area contributed by atoms with E-state index < -0.39 is 12.0 Å². The third-order valence-corrected chi connectivity index (χ3v) is 7.70. The third-order valence-electron chi connectivity index (χ3n) is 7.70. The molecule has 0 atom stereocenters. The number of aryl methyl sites for hydroxylation is 1. The smallest absolute Gasteiger partial charge is 0.387 e. The van der Waals surface area contributed by atoms with Crippen molar-refractivity contribution in [1.29, 1.82) is 0 Å². The van der Waals surface area contributed by atoms with Gasteiger partial charge in [0.15, 0.2) is 11.5 Å². The van der Waals surface area contributed by atoms with Crippen LogP contribution in [0.25, 0.3) is 0 Å². The highest BCUT2D eigenvalue weighted by molar-refractivity contribution is 6.19. The number of carbonyl (C=O) groups is 2. The van der Waals surface area contributed by atoms with E-state index in [-0.39, 0.29) is 35.1 Å². The highest BCUT2D eigenvalue weighted by atomic mass is 19.3. The molecular formula is C29H33F2N3O5. The van der Waals surface area contributed by atoms with Gasteiger partial charge in [0.25, 0.3) is 11.8 Å². The molecule has 0 aromatic heterocycles. The van der Waals surface area contributed by atoms with Crippen LogP contribution in [-0.4, -0.2) is 64.9 Å². The number of hydrazone groups is 1. The molecule has 0 unspecified atom stereocenters. The second kappa shape index (κ2) is 10.5. The molecule has 2 aromatic rings. The summed E-state index contributed by atoms with van der Waals surface area (Å²) < 4.78 is 36.4. The average molecular weight is 542 g/mol. The maximum atomic E-state index is 13.5. The summed E-state index contributed by atoms with van der Waals surface area (Å²) in [6, 6.07) is 9.24. The van der Waals surface area contributed by atoms with E-state index >= 15 is 0 Å². The minimum Gasteiger partial charge on any atom is -0.508 e. The maximum Gasteiger partial charge on any atom is 0.387 e. The van der Waals surface area contributed by atoms with Gasteiger partial charge in [-0.25, -0.2) is 5.01 Å². The lowest BCUT2D eigenvalue weighted by atomic mass is 9.83. The Morgan fingerprint density at radius 3 is 2.49 bits per heavy atom. The molecule has 2 aliphatic heterocycles. The third kappa shape index (κ3) is 5.55. The van der Waals surface area contributed by atoms with Gasteiger partial charge in [0, 0.05) is 24.2 Å². The van der Waals surface area contributed by atoms with Gasteiger partial charge in [-0.3, -0.25) is 9.59 Å². The van der Waals surface area contributed by atoms with Crippen LogP contribution < -0.4 is 9.47 Å². The molecule has 3 aliphatic rings. The number of hydrogen-bond acceptors (Lipinski definition) is 6. The zero-order valence-corrected chi connectivity index (χ0v) is 22.3. The van der Waals surface area contributed by atoms with E-state index in [1.165, 1.54) is 17.1 Å². The van der Waals surface area contributed by atoms with Gasteiger partial charge in [0.05, 0.1) is 23.8 Å². The van der Waals surface area contributed by atoms with E-state index in [4.69, 9.17) is 9.84 Å². The summed E-state index contributed by atoms with van der Waals surface area (Å²) in [5.41, 5.74) is 1.45. The number of likely N-dealkylation sites (tertiary alicyclic amines) is 1. The Kier molecular flexibility index (Phi) is 7.22. The fourth-order valence-electron chi connectivity index (χ4n) is 5.11. The van der Waals surface area contributed by atoms with Crippen molar-refractivity contribution in [3.05, 3.63) is 53.1 Å². The molecule has 2 heterocycles. The number of halogens is 2. The van der Waals surface area contributed by atoms with Crippen LogP contribution in [0, 0.1) is 18.3 Å². The Hall–Kier alpha value is -3.69. The van der Waals surface area contributed by atoms with Crippen molar-refractivity contribution in [2.24, 2.45) is 16.4 Å². The van der Waals surface area contributed by atoms with Gasteiger partial charge in [-0.1, -0.05) is 6.07 Å². The number of carbonyl (C=O) groups excluding carboxylic acids is 2. The molecule has 0 radical (unpaired) electrons. The standard InChI is InChI=1S/C29H33F2N3O5/c1-17-4-8-21(35)15-22(17)26(36)33-12-10-20(11-13-33)34-27(37)29(2,3)25(32-34)19-7-9-23(39-28(30)31)24(14-19)38-16-18-5-6-18/h4,7-9,14-15,18,20,28,35H,5-6,10-13,16H2,1-3H3. The number of benzene rings is 2. The predicted octanol–water partition coefficient (Wildman–Crippen LogP) is 4.97. The highest BCUT2D eigenvalue weighted by Crippen LogP contribution is 2.39. The largest absolute Gasteiger partial charge is 0.508 e. The minimum absolute atomic E-state index is 0.0421. The summed E-state index contributed by atoms with van der Waals surface area (Å²) in [6.45, 7) is 3.76. The number of amides is 2. The van der Waals surface area contributed by atoms with E-state index in [0.29, 0.717) is 55.3 Å². The van der Waals surface area contributed by atoms with E-state index in [9.17, 15) is 23.5 Å². The molecule has 2 fully saturated rings. The zero-order valence-electron chi connectivity index (χ0n) is 22.3. The van der Waals surface area contributed by atoms with Crippen molar-refractivity contribution in [2.75, 3.05) is 19.7 Å². The highest BCUT2D eigenvalue weighted by Gasteiger charge is 2.47. The van der Waals surface area contributed by atoms with E-state index in [0.717, 1.165) is 18.4 Å². The van der Waals surface area contributed by atoms with Gasteiger partial charge in [-0.2, -0.15) is 13.9 Å². The zero-order chi connectivity index (χ0) is 27.9. The fraction of sp³-hybridized carbons (Fsp3) is 0.483. The quantitative estimate of drug-likeness (QED) is 0.510. The monoisotopic (exact) mass is 541 g/mol. The maximum absolute atomic E-state index is 13.5. The lowest BCUT2D eigenvalue weighted by Gasteiger charge is -2.35. The molecule has 1 saturated carbocycles. The predicted molar refractivity (Wildman–Crippen MR) is 140 cm³/mol. The number of aromatic hydroxyl groups is 1. The number of phenols is 1. The Morgan fingerprint density at radius 1 is 1.10 bits per heavy atom. The molecule has 10 heteroatoms. The number of alkyl halides is 2. The van der Waals surface area contributed by atoms with Gasteiger partial charge in [-0.15, -0.1) is 0 Å². The minimum atomic E-state index is -2.98. The summed E-state index contributed by atoms with van der Waals surface area (Å²) >= 11 is 0. The van der Waals surface area contributed by atoms with Crippen LogP contribution in [0.15, 0.2) is 41.5 Å². The van der Waals surface area contributed by atoms with Crippen molar-refractivity contribution in [2.45, 2.75) is 59.1 Å². The van der Waals surface area contributed by atoms with Crippen LogP contribution in [-0.2, 0) is 4.79 Å². The Bertz CT molecular complexity index is 1300. The summed E-state index contributed by atoms with van der Waals surface area (Å²) in [6.07, 6.45) is 3.20. The number of piperidine rings is 1. The summed E-state index contributed by atoms with van der Waals surface area (Å²) in [5.74, 6) is 0.315. The van der Waals surface area contributed by atoms with Gasteiger partial charge in [0.1, 0.15) is 5.75 Å². The lowest BCUT2D eigenvalue weighted by Crippen LogP contribution is -2.47. The SMILES string of the molecule is Cc1ccc(O)cc1C(=O)N1CCC(N2N=C(c3ccc(OC(F)F)c(OCC4CC4)c3)C(C)(C)C2=O)CC1. The lowest BCUT2D eigenvalue weighted by molar-refractivity contribution is -0.138. The Balaban J connectivity index is 1.33. The molecular weight excluding hydrogens is 508 g/mol. The van der Waals surface area contributed by atoms with E-state index in [2.05, 4.69) is 4.74 Å². The molecule has 1 saturated heterocycles. The molecule has 1 aliphatic carbocycles. The van der Waals surface area contributed by atoms with Crippen LogP contribution in [0.4, 0.5) is 8.78 Å². The average Bonchev–Trinajstić information content (AvgIpc) is 3.70. The van der Waals surface area contributed by atoms with Gasteiger partial charge < -0.3 is 19.5 Å². The van der Waals surface area contributed by atoms with Gasteiger partial charge >= 0.3 is 6.61 Å². The summed E-state index contributed by atoms with van der Waals surface area (Å²) in [5, 5.41) is 16.1. The van der Waals surface area contributed by atoms with Crippen LogP contribution in [0.3, 0.4) is 0 Å². The number of rotatable bonds is 8.